The van der Waals surface area contributed by atoms with Crippen molar-refractivity contribution in [1.82, 2.24) is 4.57 Å². The number of hydrogen-bond donors (Lipinski definition) is 2. The third-order valence-electron chi connectivity index (χ3n) is 8.18. The van der Waals surface area contributed by atoms with E-state index in [9.17, 15) is 27.9 Å². The van der Waals surface area contributed by atoms with Crippen molar-refractivity contribution in [2.24, 2.45) is 23.5 Å². The van der Waals surface area contributed by atoms with E-state index in [4.69, 9.17) is 5.73 Å². The smallest absolute Gasteiger partial charge is 0.420 e. The van der Waals surface area contributed by atoms with Gasteiger partial charge in [0, 0.05) is 36.8 Å². The van der Waals surface area contributed by atoms with Gasteiger partial charge in [-0.3, -0.25) is 4.79 Å². The van der Waals surface area contributed by atoms with Gasteiger partial charge in [0.15, 0.2) is 0 Å². The number of allylic oxidation sites excluding steroid dienone is 1. The molecule has 4 unspecified atom stereocenters. The number of rotatable bonds is 3. The van der Waals surface area contributed by atoms with E-state index in [-0.39, 0.29) is 36.9 Å². The van der Waals surface area contributed by atoms with Crippen LogP contribution in [0.2, 0.25) is 0 Å². The maximum atomic E-state index is 15.5. The van der Waals surface area contributed by atoms with E-state index in [2.05, 4.69) is 0 Å². The van der Waals surface area contributed by atoms with Crippen molar-refractivity contribution in [1.29, 1.82) is 0 Å². The van der Waals surface area contributed by atoms with Crippen LogP contribution in [0.25, 0.3) is 10.9 Å². The Morgan fingerprint density at radius 3 is 2.50 bits per heavy atom. The Morgan fingerprint density at radius 2 is 1.94 bits per heavy atom. The SMILES string of the molecule is NC12C=CC(CC1)C1CN(c3c(F)cc4c(=O)c(C(=O)O)cn(C5CC5)c4c3C(F)(F)F)CC12. The molecule has 2 bridgehead atoms. The van der Waals surface area contributed by atoms with Gasteiger partial charge in [0.2, 0.25) is 5.43 Å². The molecule has 2 heterocycles. The number of fused-ring (bicyclic) bond motifs is 2. The number of alkyl halides is 3. The van der Waals surface area contributed by atoms with Gasteiger partial charge >= 0.3 is 12.1 Å². The Bertz CT molecular complexity index is 1330. The molecule has 7 rings (SSSR count). The average molecular weight is 477 g/mol. The molecular weight excluding hydrogens is 454 g/mol. The monoisotopic (exact) mass is 477 g/mol. The zero-order valence-electron chi connectivity index (χ0n) is 18.1. The largest absolute Gasteiger partial charge is 0.477 e. The van der Waals surface area contributed by atoms with Crippen LogP contribution >= 0.6 is 0 Å². The van der Waals surface area contributed by atoms with Gasteiger partial charge in [-0.25, -0.2) is 9.18 Å². The molecule has 0 radical (unpaired) electrons. The zero-order valence-corrected chi connectivity index (χ0v) is 18.1. The molecule has 2 aromatic rings. The third-order valence-corrected chi connectivity index (χ3v) is 8.18. The maximum absolute atomic E-state index is 15.5. The molecule has 3 N–H and O–H groups in total. The summed E-state index contributed by atoms with van der Waals surface area (Å²) in [5.41, 5.74) is 1.94. The molecule has 180 valence electrons. The molecule has 1 saturated heterocycles. The first-order valence-electron chi connectivity index (χ1n) is 11.4. The number of aromatic nitrogens is 1. The molecule has 2 saturated carbocycles. The first-order chi connectivity index (χ1) is 16.0. The quantitative estimate of drug-likeness (QED) is 0.517. The van der Waals surface area contributed by atoms with E-state index in [1.807, 2.05) is 12.2 Å². The van der Waals surface area contributed by atoms with Crippen molar-refractivity contribution in [2.45, 2.75) is 43.4 Å². The summed E-state index contributed by atoms with van der Waals surface area (Å²) in [5, 5.41) is 8.86. The number of hydrogen-bond acceptors (Lipinski definition) is 4. The Hall–Kier alpha value is -2.88. The van der Waals surface area contributed by atoms with Gasteiger partial charge in [-0.2, -0.15) is 13.2 Å². The molecule has 5 aliphatic rings. The van der Waals surface area contributed by atoms with Gasteiger partial charge in [-0.05, 0) is 43.6 Å². The number of anilines is 1. The molecule has 1 aromatic heterocycles. The number of nitrogens with two attached hydrogens (primary N) is 1. The van der Waals surface area contributed by atoms with Gasteiger partial charge in [0.25, 0.3) is 0 Å². The van der Waals surface area contributed by atoms with Crippen molar-refractivity contribution in [2.75, 3.05) is 18.0 Å². The van der Waals surface area contributed by atoms with Gasteiger partial charge in [-0.1, -0.05) is 12.2 Å². The molecule has 4 atom stereocenters. The number of nitrogens with zero attached hydrogens (tertiary/aromatic N) is 2. The predicted octanol–water partition coefficient (Wildman–Crippen LogP) is 3.92. The number of pyridine rings is 1. The van der Waals surface area contributed by atoms with Crippen LogP contribution in [0.15, 0.2) is 29.2 Å². The number of carboxylic acid groups (broad SMARTS) is 1. The second-order valence-electron chi connectivity index (χ2n) is 10.1. The van der Waals surface area contributed by atoms with E-state index < -0.39 is 56.6 Å². The normalized spacial score (nSPS) is 30.3. The minimum atomic E-state index is -4.96. The summed E-state index contributed by atoms with van der Waals surface area (Å²) < 4.78 is 60.6. The van der Waals surface area contributed by atoms with E-state index in [1.54, 1.807) is 0 Å². The highest BCUT2D eigenvalue weighted by Gasteiger charge is 2.54. The van der Waals surface area contributed by atoms with Crippen LogP contribution in [0.1, 0.15) is 47.6 Å². The van der Waals surface area contributed by atoms with E-state index in [0.29, 0.717) is 12.8 Å². The van der Waals surface area contributed by atoms with Gasteiger partial charge in [-0.15, -0.1) is 0 Å². The summed E-state index contributed by atoms with van der Waals surface area (Å²) in [5.74, 6) is -2.60. The van der Waals surface area contributed by atoms with Crippen LogP contribution < -0.4 is 16.1 Å². The highest BCUT2D eigenvalue weighted by Crippen LogP contribution is 2.53. The number of carboxylic acids is 1. The fourth-order valence-electron chi connectivity index (χ4n) is 6.43. The molecule has 1 aliphatic heterocycles. The topological polar surface area (TPSA) is 88.6 Å². The zero-order chi connectivity index (χ0) is 24.2. The molecular formula is C24H23F4N3O3. The Kier molecular flexibility index (Phi) is 4.35. The van der Waals surface area contributed by atoms with Crippen LogP contribution in [0.4, 0.5) is 23.2 Å². The highest BCUT2D eigenvalue weighted by molar-refractivity contribution is 5.95. The minimum Gasteiger partial charge on any atom is -0.477 e. The van der Waals surface area contributed by atoms with E-state index in [1.165, 1.54) is 9.47 Å². The van der Waals surface area contributed by atoms with E-state index in [0.717, 1.165) is 25.1 Å². The van der Waals surface area contributed by atoms with E-state index >= 15 is 4.39 Å². The van der Waals surface area contributed by atoms with Crippen molar-refractivity contribution in [3.63, 3.8) is 0 Å². The summed E-state index contributed by atoms with van der Waals surface area (Å²) >= 11 is 0. The molecule has 0 amide bonds. The fourth-order valence-corrected chi connectivity index (χ4v) is 6.43. The second-order valence-corrected chi connectivity index (χ2v) is 10.1. The molecule has 3 fully saturated rings. The average Bonchev–Trinajstić information content (AvgIpc) is 3.49. The highest BCUT2D eigenvalue weighted by atomic mass is 19.4. The van der Waals surface area contributed by atoms with Crippen LogP contribution in [0, 0.1) is 23.6 Å². The van der Waals surface area contributed by atoms with Gasteiger partial charge < -0.3 is 20.3 Å². The molecule has 34 heavy (non-hydrogen) atoms. The summed E-state index contributed by atoms with van der Waals surface area (Å²) in [6.45, 7) is 0.430. The number of benzene rings is 1. The Labute approximate surface area is 191 Å². The standard InChI is InChI=1S/C24H23F4N3O3/c25-17-7-13-19(31(12-1-2-12)9-15(21(13)32)22(33)34)18(24(26,27)28)20(17)30-8-14-11-3-5-23(29,6-4-11)16(14)10-30/h3,5,7,9,11-12,14,16H,1-2,4,6,8,10,29H2,(H,33,34). The third kappa shape index (κ3) is 2.97. The lowest BCUT2D eigenvalue weighted by molar-refractivity contribution is -0.136. The Morgan fingerprint density at radius 1 is 1.21 bits per heavy atom. The summed E-state index contributed by atoms with van der Waals surface area (Å²) in [7, 11) is 0. The molecule has 10 heteroatoms. The molecule has 4 aliphatic carbocycles. The van der Waals surface area contributed by atoms with Crippen molar-refractivity contribution in [3.05, 3.63) is 51.6 Å². The van der Waals surface area contributed by atoms with Crippen molar-refractivity contribution < 1.29 is 27.5 Å². The molecule has 1 aromatic carbocycles. The van der Waals surface area contributed by atoms with Gasteiger partial charge in [0.1, 0.15) is 16.9 Å². The number of aromatic carboxylic acids is 1. The number of halogens is 4. The molecule has 0 spiro atoms. The predicted molar refractivity (Wildman–Crippen MR) is 116 cm³/mol. The number of carbonyl (C=O) groups is 1. The fraction of sp³-hybridized carbons (Fsp3) is 0.500. The van der Waals surface area contributed by atoms with Crippen LogP contribution in [0.5, 0.6) is 0 Å². The lowest BCUT2D eigenvalue weighted by atomic mass is 9.60. The van der Waals surface area contributed by atoms with Crippen LogP contribution in [0.3, 0.4) is 0 Å². The minimum absolute atomic E-state index is 0.0277. The van der Waals surface area contributed by atoms with Gasteiger partial charge in [0.05, 0.1) is 16.6 Å². The summed E-state index contributed by atoms with van der Waals surface area (Å²) in [4.78, 5) is 25.8. The molecule has 6 nitrogen and oxygen atoms in total. The Balaban J connectivity index is 1.60. The van der Waals surface area contributed by atoms with Crippen molar-refractivity contribution >= 4 is 22.6 Å². The first kappa shape index (κ1) is 21.6. The van der Waals surface area contributed by atoms with Crippen LogP contribution in [-0.2, 0) is 6.18 Å². The van der Waals surface area contributed by atoms with Crippen LogP contribution in [-0.4, -0.2) is 34.3 Å². The second kappa shape index (κ2) is 6.84. The first-order valence-corrected chi connectivity index (χ1v) is 11.4. The van der Waals surface area contributed by atoms with Crippen molar-refractivity contribution in [3.8, 4) is 0 Å². The lowest BCUT2D eigenvalue weighted by Crippen LogP contribution is -2.55. The lowest BCUT2D eigenvalue weighted by Gasteiger charge is -2.47. The summed E-state index contributed by atoms with van der Waals surface area (Å²) in [6.07, 6.45) is 2.70. The maximum Gasteiger partial charge on any atom is 0.420 e. The summed E-state index contributed by atoms with van der Waals surface area (Å²) in [6, 6.07) is 0.412.